The van der Waals surface area contributed by atoms with Crippen LogP contribution < -0.4 is 0 Å². The Balaban J connectivity index is 1.95. The number of rotatable bonds is 2. The summed E-state index contributed by atoms with van der Waals surface area (Å²) in [6, 6.07) is 21.3. The van der Waals surface area contributed by atoms with Crippen LogP contribution in [0.3, 0.4) is 0 Å². The fraction of sp³-hybridized carbons (Fsp3) is 0. The summed E-state index contributed by atoms with van der Waals surface area (Å²) >= 11 is 0. The van der Waals surface area contributed by atoms with Crippen molar-refractivity contribution in [3.63, 3.8) is 0 Å². The summed E-state index contributed by atoms with van der Waals surface area (Å²) in [5.41, 5.74) is 2.06. The van der Waals surface area contributed by atoms with E-state index in [4.69, 9.17) is 4.42 Å². The van der Waals surface area contributed by atoms with Gasteiger partial charge in [0.15, 0.2) is 5.78 Å². The lowest BCUT2D eigenvalue weighted by molar-refractivity contribution is 0.104. The third-order valence-electron chi connectivity index (χ3n) is 3.76. The van der Waals surface area contributed by atoms with Gasteiger partial charge in [0.2, 0.25) is 0 Å². The molecule has 2 nitrogen and oxygen atoms in total. The molecule has 0 fully saturated rings. The zero-order chi connectivity index (χ0) is 14.2. The third-order valence-corrected chi connectivity index (χ3v) is 3.76. The van der Waals surface area contributed by atoms with Gasteiger partial charge < -0.3 is 4.42 Å². The Labute approximate surface area is 121 Å². The first-order valence-corrected chi connectivity index (χ1v) is 6.83. The van der Waals surface area contributed by atoms with Crippen LogP contribution in [0.4, 0.5) is 0 Å². The van der Waals surface area contributed by atoms with Gasteiger partial charge in [0.1, 0.15) is 11.8 Å². The molecule has 0 aliphatic heterocycles. The number of ketones is 1. The molecule has 1 heterocycles. The average Bonchev–Trinajstić information content (AvgIpc) is 2.98. The number of hydrogen-bond donors (Lipinski definition) is 0. The maximum atomic E-state index is 12.9. The summed E-state index contributed by atoms with van der Waals surface area (Å²) in [7, 11) is 0. The highest BCUT2D eigenvalue weighted by Gasteiger charge is 2.17. The quantitative estimate of drug-likeness (QED) is 0.490. The van der Waals surface area contributed by atoms with E-state index in [2.05, 4.69) is 0 Å². The van der Waals surface area contributed by atoms with Crippen molar-refractivity contribution in [2.75, 3.05) is 0 Å². The smallest absolute Gasteiger partial charge is 0.197 e. The van der Waals surface area contributed by atoms with Crippen LogP contribution in [0, 0.1) is 0 Å². The maximum Gasteiger partial charge on any atom is 0.197 e. The highest BCUT2D eigenvalue weighted by atomic mass is 16.3. The minimum absolute atomic E-state index is 0.00301. The molecule has 0 N–H and O–H groups in total. The monoisotopic (exact) mass is 272 g/mol. The Morgan fingerprint density at radius 3 is 2.33 bits per heavy atom. The van der Waals surface area contributed by atoms with Gasteiger partial charge in [-0.05, 0) is 16.8 Å². The van der Waals surface area contributed by atoms with E-state index in [1.807, 2.05) is 66.7 Å². The first-order chi connectivity index (χ1) is 10.3. The number of fused-ring (bicyclic) bond motifs is 2. The van der Waals surface area contributed by atoms with Crippen LogP contribution in [-0.2, 0) is 0 Å². The predicted molar refractivity (Wildman–Crippen MR) is 83.6 cm³/mol. The molecule has 0 amide bonds. The SMILES string of the molecule is O=C(c1cccc2ccccc12)c1coc2ccccc12. The molecular formula is C19H12O2. The molecule has 4 aromatic rings. The van der Waals surface area contributed by atoms with Gasteiger partial charge in [-0.2, -0.15) is 0 Å². The van der Waals surface area contributed by atoms with Crippen molar-refractivity contribution < 1.29 is 9.21 Å². The minimum Gasteiger partial charge on any atom is -0.464 e. The standard InChI is InChI=1S/C19H12O2/c20-19(17-12-21-18-11-4-3-9-15(17)18)16-10-5-7-13-6-1-2-8-14(13)16/h1-12H. The Hall–Kier alpha value is -2.87. The van der Waals surface area contributed by atoms with Crippen molar-refractivity contribution in [3.8, 4) is 0 Å². The Bertz CT molecular complexity index is 958. The van der Waals surface area contributed by atoms with Gasteiger partial charge in [0.25, 0.3) is 0 Å². The minimum atomic E-state index is -0.00301. The van der Waals surface area contributed by atoms with E-state index < -0.39 is 0 Å². The van der Waals surface area contributed by atoms with Crippen LogP contribution in [-0.4, -0.2) is 5.78 Å². The van der Waals surface area contributed by atoms with E-state index >= 15 is 0 Å². The molecule has 0 spiro atoms. The Morgan fingerprint density at radius 1 is 0.714 bits per heavy atom. The van der Waals surface area contributed by atoms with E-state index in [0.717, 1.165) is 21.7 Å². The van der Waals surface area contributed by atoms with Gasteiger partial charge in [-0.15, -0.1) is 0 Å². The summed E-state index contributed by atoms with van der Waals surface area (Å²) in [5.74, 6) is -0.00301. The topological polar surface area (TPSA) is 30.2 Å². The molecule has 100 valence electrons. The summed E-state index contributed by atoms with van der Waals surface area (Å²) in [6.45, 7) is 0. The van der Waals surface area contributed by atoms with Gasteiger partial charge in [-0.1, -0.05) is 60.7 Å². The van der Waals surface area contributed by atoms with Crippen LogP contribution in [0.25, 0.3) is 21.7 Å². The first-order valence-electron chi connectivity index (χ1n) is 6.83. The molecule has 0 aliphatic carbocycles. The van der Waals surface area contributed by atoms with Gasteiger partial charge in [-0.3, -0.25) is 4.79 Å². The van der Waals surface area contributed by atoms with Crippen molar-refractivity contribution >= 4 is 27.5 Å². The number of carbonyl (C=O) groups excluding carboxylic acids is 1. The largest absolute Gasteiger partial charge is 0.464 e. The average molecular weight is 272 g/mol. The molecule has 1 aromatic heterocycles. The second-order valence-electron chi connectivity index (χ2n) is 5.00. The van der Waals surface area contributed by atoms with Crippen molar-refractivity contribution in [1.29, 1.82) is 0 Å². The second-order valence-corrected chi connectivity index (χ2v) is 5.00. The van der Waals surface area contributed by atoms with Crippen molar-refractivity contribution in [2.24, 2.45) is 0 Å². The number of benzene rings is 3. The summed E-state index contributed by atoms with van der Waals surface area (Å²) in [6.07, 6.45) is 1.55. The number of hydrogen-bond acceptors (Lipinski definition) is 2. The molecule has 2 heteroatoms. The fourth-order valence-electron chi connectivity index (χ4n) is 2.72. The Kier molecular flexibility index (Phi) is 2.61. The molecule has 4 rings (SSSR count). The molecule has 0 saturated heterocycles. The summed E-state index contributed by atoms with van der Waals surface area (Å²) < 4.78 is 5.48. The lowest BCUT2D eigenvalue weighted by Gasteiger charge is -2.04. The number of furan rings is 1. The highest BCUT2D eigenvalue weighted by Crippen LogP contribution is 2.26. The highest BCUT2D eigenvalue weighted by molar-refractivity contribution is 6.20. The van der Waals surface area contributed by atoms with Crippen LogP contribution in [0.2, 0.25) is 0 Å². The molecular weight excluding hydrogens is 260 g/mol. The normalized spacial score (nSPS) is 11.0. The summed E-state index contributed by atoms with van der Waals surface area (Å²) in [4.78, 5) is 12.9. The van der Waals surface area contributed by atoms with Crippen molar-refractivity contribution in [3.05, 3.63) is 84.1 Å². The van der Waals surface area contributed by atoms with Crippen LogP contribution >= 0.6 is 0 Å². The first kappa shape index (κ1) is 11.9. The van der Waals surface area contributed by atoms with E-state index in [1.165, 1.54) is 0 Å². The predicted octanol–water partition coefficient (Wildman–Crippen LogP) is 4.82. The van der Waals surface area contributed by atoms with Crippen LogP contribution in [0.1, 0.15) is 15.9 Å². The van der Waals surface area contributed by atoms with Crippen LogP contribution in [0.15, 0.2) is 77.4 Å². The van der Waals surface area contributed by atoms with Crippen LogP contribution in [0.5, 0.6) is 0 Å². The lowest BCUT2D eigenvalue weighted by Crippen LogP contribution is -2.01. The van der Waals surface area contributed by atoms with E-state index in [1.54, 1.807) is 6.26 Å². The molecule has 3 aromatic carbocycles. The van der Waals surface area contributed by atoms with Crippen molar-refractivity contribution in [1.82, 2.24) is 0 Å². The Morgan fingerprint density at radius 2 is 1.43 bits per heavy atom. The van der Waals surface area contributed by atoms with Gasteiger partial charge in [-0.25, -0.2) is 0 Å². The van der Waals surface area contributed by atoms with Crippen molar-refractivity contribution in [2.45, 2.75) is 0 Å². The molecule has 0 atom stereocenters. The van der Waals surface area contributed by atoms with E-state index in [-0.39, 0.29) is 5.78 Å². The molecule has 0 saturated carbocycles. The van der Waals surface area contributed by atoms with Gasteiger partial charge in [0.05, 0.1) is 5.56 Å². The lowest BCUT2D eigenvalue weighted by atomic mass is 9.97. The number of carbonyl (C=O) groups is 1. The zero-order valence-electron chi connectivity index (χ0n) is 11.2. The number of para-hydroxylation sites is 1. The maximum absolute atomic E-state index is 12.9. The van der Waals surface area contributed by atoms with E-state index in [9.17, 15) is 4.79 Å². The summed E-state index contributed by atoms with van der Waals surface area (Å²) in [5, 5.41) is 2.89. The fourth-order valence-corrected chi connectivity index (χ4v) is 2.72. The molecule has 0 radical (unpaired) electrons. The molecule has 0 aliphatic rings. The van der Waals surface area contributed by atoms with Gasteiger partial charge >= 0.3 is 0 Å². The molecule has 0 unspecified atom stereocenters. The molecule has 0 bridgehead atoms. The van der Waals surface area contributed by atoms with E-state index in [0.29, 0.717) is 11.1 Å². The third kappa shape index (κ3) is 1.84. The second kappa shape index (κ2) is 4.60. The van der Waals surface area contributed by atoms with Gasteiger partial charge in [0, 0.05) is 10.9 Å². The molecule has 21 heavy (non-hydrogen) atoms. The zero-order valence-corrected chi connectivity index (χ0v) is 11.2.